The van der Waals surface area contributed by atoms with Gasteiger partial charge < -0.3 is 15.0 Å². The van der Waals surface area contributed by atoms with E-state index in [4.69, 9.17) is 4.74 Å². The van der Waals surface area contributed by atoms with Crippen LogP contribution < -0.4 is 5.32 Å². The van der Waals surface area contributed by atoms with Crippen molar-refractivity contribution in [2.24, 2.45) is 0 Å². The molecule has 0 radical (unpaired) electrons. The maximum Gasteiger partial charge on any atom is 0.410 e. The smallest absolute Gasteiger partial charge is 0.410 e. The summed E-state index contributed by atoms with van der Waals surface area (Å²) in [5.74, 6) is -0.0838. The summed E-state index contributed by atoms with van der Waals surface area (Å²) in [5.41, 5.74) is -0.538. The molecule has 0 bridgehead atoms. The first-order valence-electron chi connectivity index (χ1n) is 8.04. The Bertz CT molecular complexity index is 325. The normalized spacial score (nSPS) is 12.1. The second kappa shape index (κ2) is 11.3. The molecular weight excluding hydrogens is 282 g/mol. The molecule has 1 atom stereocenters. The molecule has 132 valence electrons. The Labute approximate surface area is 136 Å². The highest BCUT2D eigenvalue weighted by Crippen LogP contribution is 2.11. The molecular formula is C16H35N3O3. The number of hydrogen-bond acceptors (Lipinski definition) is 4. The van der Waals surface area contributed by atoms with E-state index in [-0.39, 0.29) is 11.9 Å². The number of carbonyl (C=O) groups is 2. The van der Waals surface area contributed by atoms with E-state index in [2.05, 4.69) is 5.32 Å². The van der Waals surface area contributed by atoms with Crippen molar-refractivity contribution in [2.75, 3.05) is 33.7 Å². The van der Waals surface area contributed by atoms with Gasteiger partial charge in [-0.15, -0.1) is 0 Å². The summed E-state index contributed by atoms with van der Waals surface area (Å²) in [4.78, 5) is 27.4. The molecule has 0 heterocycles. The summed E-state index contributed by atoms with van der Waals surface area (Å²) >= 11 is 0. The summed E-state index contributed by atoms with van der Waals surface area (Å²) in [6.07, 6.45) is -0.392. The number of rotatable bonds is 6. The Morgan fingerprint density at radius 2 is 1.64 bits per heavy atom. The van der Waals surface area contributed by atoms with Crippen LogP contribution in [0.2, 0.25) is 0 Å². The fourth-order valence-electron chi connectivity index (χ4n) is 1.64. The molecule has 0 aliphatic carbocycles. The monoisotopic (exact) mass is 317 g/mol. The van der Waals surface area contributed by atoms with Gasteiger partial charge in [0, 0.05) is 19.6 Å². The standard InChI is InChI=1S/C14H29N3O3.C2H6/c1-8-15-12(18)11(16(6)7)10-17(9-2)13(19)20-14(3,4)5;1-2/h11H,8-10H2,1-7H3,(H,15,18);1-2H3/t11-;/m0./s1. The maximum absolute atomic E-state index is 12.1. The van der Waals surface area contributed by atoms with Gasteiger partial charge in [0.15, 0.2) is 0 Å². The summed E-state index contributed by atoms with van der Waals surface area (Å²) in [7, 11) is 3.64. The first-order chi connectivity index (χ1) is 10.1. The average Bonchev–Trinajstić information content (AvgIpc) is 2.39. The summed E-state index contributed by atoms with van der Waals surface area (Å²) < 4.78 is 5.35. The van der Waals surface area contributed by atoms with Crippen LogP contribution in [0.1, 0.15) is 48.5 Å². The van der Waals surface area contributed by atoms with Crippen molar-refractivity contribution in [1.82, 2.24) is 15.1 Å². The van der Waals surface area contributed by atoms with E-state index in [1.807, 2.05) is 62.6 Å². The lowest BCUT2D eigenvalue weighted by Gasteiger charge is -2.31. The molecule has 0 aromatic carbocycles. The van der Waals surface area contributed by atoms with Gasteiger partial charge in [0.05, 0.1) is 0 Å². The average molecular weight is 317 g/mol. The van der Waals surface area contributed by atoms with Crippen LogP contribution in [0, 0.1) is 0 Å². The zero-order chi connectivity index (χ0) is 17.9. The minimum absolute atomic E-state index is 0.0838. The van der Waals surface area contributed by atoms with Gasteiger partial charge in [-0.2, -0.15) is 0 Å². The predicted octanol–water partition coefficient (Wildman–Crippen LogP) is 2.34. The Balaban J connectivity index is 0. The molecule has 6 heteroatoms. The van der Waals surface area contributed by atoms with Crippen LogP contribution in [-0.4, -0.2) is 67.2 Å². The molecule has 22 heavy (non-hydrogen) atoms. The van der Waals surface area contributed by atoms with E-state index in [1.54, 1.807) is 9.80 Å². The molecule has 0 unspecified atom stereocenters. The van der Waals surface area contributed by atoms with Crippen molar-refractivity contribution in [1.29, 1.82) is 0 Å². The molecule has 2 amide bonds. The van der Waals surface area contributed by atoms with Crippen LogP contribution in [-0.2, 0) is 9.53 Å². The van der Waals surface area contributed by atoms with Gasteiger partial charge in [-0.25, -0.2) is 4.79 Å². The molecule has 0 aromatic heterocycles. The largest absolute Gasteiger partial charge is 0.444 e. The molecule has 0 aliphatic heterocycles. The highest BCUT2D eigenvalue weighted by atomic mass is 16.6. The van der Waals surface area contributed by atoms with E-state index in [1.165, 1.54) is 0 Å². The number of hydrogen-bond donors (Lipinski definition) is 1. The first kappa shape index (κ1) is 23.0. The number of ether oxygens (including phenoxy) is 1. The molecule has 0 fully saturated rings. The van der Waals surface area contributed by atoms with Gasteiger partial charge in [-0.05, 0) is 48.7 Å². The third kappa shape index (κ3) is 9.60. The molecule has 0 aliphatic rings. The number of carbonyl (C=O) groups excluding carboxylic acids is 2. The lowest BCUT2D eigenvalue weighted by Crippen LogP contribution is -2.52. The van der Waals surface area contributed by atoms with Crippen molar-refractivity contribution < 1.29 is 14.3 Å². The SMILES string of the molecule is CC.CCNC(=O)[C@H](CN(CC)C(=O)OC(C)(C)C)N(C)C. The summed E-state index contributed by atoms with van der Waals surface area (Å²) in [6.45, 7) is 14.6. The van der Waals surface area contributed by atoms with E-state index < -0.39 is 11.7 Å². The van der Waals surface area contributed by atoms with E-state index in [0.29, 0.717) is 19.6 Å². The lowest BCUT2D eigenvalue weighted by molar-refractivity contribution is -0.126. The number of likely N-dealkylation sites (N-methyl/N-ethyl adjacent to an activating group) is 3. The molecule has 6 nitrogen and oxygen atoms in total. The fraction of sp³-hybridized carbons (Fsp3) is 0.875. The van der Waals surface area contributed by atoms with Crippen molar-refractivity contribution in [3.05, 3.63) is 0 Å². The topological polar surface area (TPSA) is 61.9 Å². The second-order valence-corrected chi connectivity index (χ2v) is 5.89. The summed E-state index contributed by atoms with van der Waals surface area (Å²) in [5, 5.41) is 2.78. The highest BCUT2D eigenvalue weighted by molar-refractivity contribution is 5.82. The Morgan fingerprint density at radius 3 is 1.95 bits per heavy atom. The molecule has 0 saturated carbocycles. The second-order valence-electron chi connectivity index (χ2n) is 5.89. The van der Waals surface area contributed by atoms with Crippen molar-refractivity contribution in [3.63, 3.8) is 0 Å². The van der Waals surface area contributed by atoms with Gasteiger partial charge in [-0.3, -0.25) is 9.69 Å². The number of nitrogens with zero attached hydrogens (tertiary/aromatic N) is 2. The fourth-order valence-corrected chi connectivity index (χ4v) is 1.64. The Hall–Kier alpha value is -1.30. The van der Waals surface area contributed by atoms with Crippen LogP contribution in [0.3, 0.4) is 0 Å². The van der Waals surface area contributed by atoms with Crippen molar-refractivity contribution in [3.8, 4) is 0 Å². The van der Waals surface area contributed by atoms with Crippen LogP contribution in [0.15, 0.2) is 0 Å². The van der Waals surface area contributed by atoms with E-state index >= 15 is 0 Å². The van der Waals surface area contributed by atoms with Crippen LogP contribution in [0.4, 0.5) is 4.79 Å². The van der Waals surface area contributed by atoms with Crippen LogP contribution >= 0.6 is 0 Å². The molecule has 1 N–H and O–H groups in total. The maximum atomic E-state index is 12.1. The lowest BCUT2D eigenvalue weighted by atomic mass is 10.2. The van der Waals surface area contributed by atoms with Crippen molar-refractivity contribution in [2.45, 2.75) is 60.1 Å². The number of amides is 2. The zero-order valence-corrected chi connectivity index (χ0v) is 15.8. The third-order valence-electron chi connectivity index (χ3n) is 2.70. The molecule has 0 spiro atoms. The molecule has 0 rings (SSSR count). The molecule has 0 aromatic rings. The van der Waals surface area contributed by atoms with Crippen LogP contribution in [0.5, 0.6) is 0 Å². The first-order valence-corrected chi connectivity index (χ1v) is 8.04. The molecule has 0 saturated heterocycles. The van der Waals surface area contributed by atoms with Gasteiger partial charge in [0.25, 0.3) is 0 Å². The number of nitrogens with one attached hydrogen (secondary N) is 1. The van der Waals surface area contributed by atoms with Crippen LogP contribution in [0.25, 0.3) is 0 Å². The van der Waals surface area contributed by atoms with Gasteiger partial charge in [0.1, 0.15) is 11.6 Å². The van der Waals surface area contributed by atoms with Gasteiger partial charge in [-0.1, -0.05) is 13.8 Å². The Kier molecular flexibility index (Phi) is 11.8. The van der Waals surface area contributed by atoms with Gasteiger partial charge >= 0.3 is 6.09 Å². The minimum atomic E-state index is -0.538. The third-order valence-corrected chi connectivity index (χ3v) is 2.70. The quantitative estimate of drug-likeness (QED) is 0.817. The zero-order valence-electron chi connectivity index (χ0n) is 15.8. The van der Waals surface area contributed by atoms with E-state index in [9.17, 15) is 9.59 Å². The van der Waals surface area contributed by atoms with Gasteiger partial charge in [0.2, 0.25) is 5.91 Å². The summed E-state index contributed by atoms with van der Waals surface area (Å²) in [6, 6.07) is -0.387. The predicted molar refractivity (Wildman–Crippen MR) is 91.0 cm³/mol. The minimum Gasteiger partial charge on any atom is -0.444 e. The van der Waals surface area contributed by atoms with E-state index in [0.717, 1.165) is 0 Å². The van der Waals surface area contributed by atoms with Crippen molar-refractivity contribution >= 4 is 12.0 Å². The highest BCUT2D eigenvalue weighted by Gasteiger charge is 2.27. The Morgan fingerprint density at radius 1 is 1.14 bits per heavy atom.